The predicted octanol–water partition coefficient (Wildman–Crippen LogP) is 2.60. The summed E-state index contributed by atoms with van der Waals surface area (Å²) in [6.07, 6.45) is 0. The minimum Gasteiger partial charge on any atom is -0.467 e. The summed E-state index contributed by atoms with van der Waals surface area (Å²) in [6, 6.07) is 5.00. The molecule has 1 aliphatic rings. The average Bonchev–Trinajstić information content (AvgIpc) is 2.66. The van der Waals surface area contributed by atoms with Gasteiger partial charge in [-0.15, -0.1) is 0 Å². The molecule has 19 heavy (non-hydrogen) atoms. The number of ether oxygens (including phenoxy) is 1. The van der Waals surface area contributed by atoms with Gasteiger partial charge in [0.05, 0.1) is 7.11 Å². The number of esters is 1. The van der Waals surface area contributed by atoms with Gasteiger partial charge in [-0.05, 0) is 29.7 Å². The number of rotatable bonds is 3. The molecule has 0 fully saturated rings. The topological polar surface area (TPSA) is 46.6 Å². The zero-order valence-corrected chi connectivity index (χ0v) is 12.7. The number of hydrogen-bond donors (Lipinski definition) is 0. The Kier molecular flexibility index (Phi) is 3.94. The molecule has 4 nitrogen and oxygen atoms in total. The van der Waals surface area contributed by atoms with Gasteiger partial charge in [-0.3, -0.25) is 4.79 Å². The molecule has 0 bridgehead atoms. The number of methoxy groups -OCH3 is 1. The van der Waals surface area contributed by atoms with Crippen molar-refractivity contribution in [3.05, 3.63) is 33.8 Å². The van der Waals surface area contributed by atoms with Crippen molar-refractivity contribution in [3.63, 3.8) is 0 Å². The van der Waals surface area contributed by atoms with Crippen LogP contribution < -0.4 is 0 Å². The van der Waals surface area contributed by atoms with E-state index in [1.54, 1.807) is 11.0 Å². The van der Waals surface area contributed by atoms with Crippen molar-refractivity contribution in [2.75, 3.05) is 7.11 Å². The average molecular weight is 326 g/mol. The number of hydrogen-bond acceptors (Lipinski definition) is 3. The first-order valence-electron chi connectivity index (χ1n) is 6.13. The molecule has 0 radical (unpaired) electrons. The number of benzene rings is 1. The van der Waals surface area contributed by atoms with E-state index in [4.69, 9.17) is 4.74 Å². The van der Waals surface area contributed by atoms with Crippen molar-refractivity contribution in [3.8, 4) is 0 Å². The first-order valence-corrected chi connectivity index (χ1v) is 6.92. The van der Waals surface area contributed by atoms with Crippen LogP contribution in [0.15, 0.2) is 22.7 Å². The van der Waals surface area contributed by atoms with E-state index >= 15 is 0 Å². The van der Waals surface area contributed by atoms with Crippen LogP contribution in [0.2, 0.25) is 0 Å². The van der Waals surface area contributed by atoms with Crippen LogP contribution in [0.25, 0.3) is 0 Å². The molecule has 0 saturated heterocycles. The predicted molar refractivity (Wildman–Crippen MR) is 74.7 cm³/mol. The van der Waals surface area contributed by atoms with Gasteiger partial charge in [0.2, 0.25) is 0 Å². The van der Waals surface area contributed by atoms with Gasteiger partial charge in [0.1, 0.15) is 6.04 Å². The summed E-state index contributed by atoms with van der Waals surface area (Å²) < 4.78 is 5.75. The lowest BCUT2D eigenvalue weighted by molar-refractivity contribution is -0.147. The lowest BCUT2D eigenvalue weighted by atomic mass is 10.0. The molecule has 1 heterocycles. The fourth-order valence-corrected chi connectivity index (χ4v) is 2.82. The molecule has 0 saturated carbocycles. The van der Waals surface area contributed by atoms with Crippen LogP contribution in [0, 0.1) is 5.92 Å². The first-order chi connectivity index (χ1) is 8.95. The van der Waals surface area contributed by atoms with Crippen molar-refractivity contribution < 1.29 is 14.3 Å². The number of halogens is 1. The zero-order valence-electron chi connectivity index (χ0n) is 11.1. The van der Waals surface area contributed by atoms with Gasteiger partial charge in [0.25, 0.3) is 5.91 Å². The highest BCUT2D eigenvalue weighted by Gasteiger charge is 2.38. The van der Waals surface area contributed by atoms with E-state index in [9.17, 15) is 9.59 Å². The number of amides is 1. The van der Waals surface area contributed by atoms with Gasteiger partial charge in [0, 0.05) is 16.6 Å². The fraction of sp³-hybridized carbons (Fsp3) is 0.429. The third-order valence-electron chi connectivity index (χ3n) is 3.31. The Bertz CT molecular complexity index is 527. The third-order valence-corrected chi connectivity index (χ3v) is 3.80. The van der Waals surface area contributed by atoms with Gasteiger partial charge in [-0.2, -0.15) is 0 Å². The summed E-state index contributed by atoms with van der Waals surface area (Å²) in [4.78, 5) is 25.8. The Morgan fingerprint density at radius 1 is 1.42 bits per heavy atom. The molecule has 0 aromatic heterocycles. The van der Waals surface area contributed by atoms with Crippen molar-refractivity contribution in [1.82, 2.24) is 4.90 Å². The standard InChI is InChI=1S/C14H16BrNO3/c1-8(2)12(14(18)19-3)16-7-9-6-10(15)4-5-11(9)13(16)17/h4-6,8,12H,7H2,1-3H3. The molecule has 0 spiro atoms. The maximum absolute atomic E-state index is 12.4. The molecule has 1 unspecified atom stereocenters. The molecule has 1 amide bonds. The first kappa shape index (κ1) is 14.1. The molecule has 2 rings (SSSR count). The van der Waals surface area contributed by atoms with Crippen LogP contribution in [0.3, 0.4) is 0 Å². The maximum Gasteiger partial charge on any atom is 0.328 e. The largest absolute Gasteiger partial charge is 0.467 e. The molecular weight excluding hydrogens is 310 g/mol. The zero-order chi connectivity index (χ0) is 14.2. The molecule has 1 aliphatic heterocycles. The van der Waals surface area contributed by atoms with Crippen molar-refractivity contribution >= 4 is 27.8 Å². The van der Waals surface area contributed by atoms with Gasteiger partial charge >= 0.3 is 5.97 Å². The van der Waals surface area contributed by atoms with Crippen LogP contribution in [0.5, 0.6) is 0 Å². The molecule has 102 valence electrons. The lowest BCUT2D eigenvalue weighted by Crippen LogP contribution is -2.45. The fourth-order valence-electron chi connectivity index (χ4n) is 2.42. The normalized spacial score (nSPS) is 15.6. The van der Waals surface area contributed by atoms with Gasteiger partial charge in [0.15, 0.2) is 0 Å². The van der Waals surface area contributed by atoms with E-state index in [1.165, 1.54) is 7.11 Å². The molecule has 0 N–H and O–H groups in total. The van der Waals surface area contributed by atoms with Crippen molar-refractivity contribution in [1.29, 1.82) is 0 Å². The monoisotopic (exact) mass is 325 g/mol. The minimum atomic E-state index is -0.538. The summed E-state index contributed by atoms with van der Waals surface area (Å²) in [5.74, 6) is -0.462. The number of carbonyl (C=O) groups is 2. The molecule has 5 heteroatoms. The van der Waals surface area contributed by atoms with Gasteiger partial charge in [-0.1, -0.05) is 29.8 Å². The number of nitrogens with zero attached hydrogens (tertiary/aromatic N) is 1. The molecule has 0 aliphatic carbocycles. The SMILES string of the molecule is COC(=O)C(C(C)C)N1Cc2cc(Br)ccc2C1=O. The Morgan fingerprint density at radius 2 is 2.11 bits per heavy atom. The quantitative estimate of drug-likeness (QED) is 0.802. The second kappa shape index (κ2) is 5.33. The molecule has 1 aromatic rings. The van der Waals surface area contributed by atoms with Crippen LogP contribution in [-0.2, 0) is 16.1 Å². The second-order valence-corrected chi connectivity index (χ2v) is 5.86. The van der Waals surface area contributed by atoms with E-state index in [0.29, 0.717) is 12.1 Å². The Balaban J connectivity index is 2.34. The van der Waals surface area contributed by atoms with Gasteiger partial charge in [-0.25, -0.2) is 4.79 Å². The van der Waals surface area contributed by atoms with Crippen molar-refractivity contribution in [2.45, 2.75) is 26.4 Å². The summed E-state index contributed by atoms with van der Waals surface area (Å²) in [5.41, 5.74) is 1.60. The molecular formula is C14H16BrNO3. The molecule has 1 atom stereocenters. The van der Waals surface area contributed by atoms with E-state index in [0.717, 1.165) is 10.0 Å². The summed E-state index contributed by atoms with van der Waals surface area (Å²) in [6.45, 7) is 4.27. The molecule has 1 aromatic carbocycles. The summed E-state index contributed by atoms with van der Waals surface area (Å²) in [5, 5.41) is 0. The van der Waals surface area contributed by atoms with E-state index in [-0.39, 0.29) is 17.8 Å². The van der Waals surface area contributed by atoms with Crippen molar-refractivity contribution in [2.24, 2.45) is 5.92 Å². The van der Waals surface area contributed by atoms with Crippen LogP contribution in [0.1, 0.15) is 29.8 Å². The number of carbonyl (C=O) groups excluding carboxylic acids is 2. The maximum atomic E-state index is 12.4. The second-order valence-electron chi connectivity index (χ2n) is 4.95. The third kappa shape index (κ3) is 2.52. The summed E-state index contributed by atoms with van der Waals surface area (Å²) >= 11 is 3.39. The van der Waals surface area contributed by atoms with Gasteiger partial charge < -0.3 is 9.64 Å². The Hall–Kier alpha value is -1.36. The highest BCUT2D eigenvalue weighted by atomic mass is 79.9. The van der Waals surface area contributed by atoms with Crippen LogP contribution in [-0.4, -0.2) is 29.9 Å². The van der Waals surface area contributed by atoms with E-state index in [2.05, 4.69) is 15.9 Å². The lowest BCUT2D eigenvalue weighted by Gasteiger charge is -2.28. The number of fused-ring (bicyclic) bond motifs is 1. The highest BCUT2D eigenvalue weighted by Crippen LogP contribution is 2.29. The Labute approximate surface area is 120 Å². The Morgan fingerprint density at radius 3 is 2.68 bits per heavy atom. The highest BCUT2D eigenvalue weighted by molar-refractivity contribution is 9.10. The summed E-state index contributed by atoms with van der Waals surface area (Å²) in [7, 11) is 1.35. The minimum absolute atomic E-state index is 0.00847. The smallest absolute Gasteiger partial charge is 0.328 e. The van der Waals surface area contributed by atoms with Crippen LogP contribution in [0.4, 0.5) is 0 Å². The van der Waals surface area contributed by atoms with E-state index in [1.807, 2.05) is 26.0 Å². The van der Waals surface area contributed by atoms with Crippen LogP contribution >= 0.6 is 15.9 Å². The van der Waals surface area contributed by atoms with E-state index < -0.39 is 6.04 Å².